The lowest BCUT2D eigenvalue weighted by molar-refractivity contribution is -0.115. The van der Waals surface area contributed by atoms with Crippen LogP contribution in [0.25, 0.3) is 0 Å². The van der Waals surface area contributed by atoms with Crippen molar-refractivity contribution in [1.29, 1.82) is 0 Å². The van der Waals surface area contributed by atoms with Crippen LogP contribution < -0.4 is 5.32 Å². The topological polar surface area (TPSA) is 58.6 Å². The summed E-state index contributed by atoms with van der Waals surface area (Å²) in [6.07, 6.45) is 0.219. The molecule has 0 aliphatic carbocycles. The van der Waals surface area contributed by atoms with Gasteiger partial charge in [-0.3, -0.25) is 9.59 Å². The van der Waals surface area contributed by atoms with Crippen molar-refractivity contribution < 1.29 is 14.3 Å². The first-order valence-electron chi connectivity index (χ1n) is 8.14. The normalized spacial score (nSPS) is 14.2. The second kappa shape index (κ2) is 8.14. The third kappa shape index (κ3) is 4.59. The molecular formula is C19H19ClN2O3. The number of morpholine rings is 1. The number of nitrogens with zero attached hydrogens (tertiary/aromatic N) is 1. The van der Waals surface area contributed by atoms with Gasteiger partial charge in [-0.25, -0.2) is 0 Å². The Morgan fingerprint density at radius 2 is 1.72 bits per heavy atom. The third-order valence-electron chi connectivity index (χ3n) is 4.01. The van der Waals surface area contributed by atoms with Gasteiger partial charge in [0.1, 0.15) is 0 Å². The number of ether oxygens (including phenoxy) is 1. The van der Waals surface area contributed by atoms with Crippen LogP contribution in [0.3, 0.4) is 0 Å². The third-order valence-corrected chi connectivity index (χ3v) is 4.26. The first-order valence-corrected chi connectivity index (χ1v) is 8.51. The number of amides is 2. The zero-order chi connectivity index (χ0) is 17.6. The van der Waals surface area contributed by atoms with Gasteiger partial charge in [-0.05, 0) is 29.8 Å². The van der Waals surface area contributed by atoms with Crippen LogP contribution in [0.5, 0.6) is 0 Å². The van der Waals surface area contributed by atoms with Gasteiger partial charge < -0.3 is 15.0 Å². The Hall–Kier alpha value is -2.37. The van der Waals surface area contributed by atoms with Gasteiger partial charge in [0.15, 0.2) is 0 Å². The standard InChI is InChI=1S/C19H19ClN2O3/c20-15-7-5-14(6-8-15)13-18(23)21-17-4-2-1-3-16(17)19(24)22-9-11-25-12-10-22/h1-8H,9-13H2,(H,21,23). The van der Waals surface area contributed by atoms with Crippen LogP contribution in [-0.4, -0.2) is 43.0 Å². The van der Waals surface area contributed by atoms with Gasteiger partial charge in [-0.2, -0.15) is 0 Å². The van der Waals surface area contributed by atoms with E-state index in [4.69, 9.17) is 16.3 Å². The Morgan fingerprint density at radius 1 is 1.04 bits per heavy atom. The molecule has 0 saturated carbocycles. The predicted molar refractivity (Wildman–Crippen MR) is 97.0 cm³/mol. The first-order chi connectivity index (χ1) is 12.1. The van der Waals surface area contributed by atoms with Crippen LogP contribution in [0.1, 0.15) is 15.9 Å². The fraction of sp³-hybridized carbons (Fsp3) is 0.263. The van der Waals surface area contributed by atoms with Crippen molar-refractivity contribution >= 4 is 29.1 Å². The van der Waals surface area contributed by atoms with Crippen molar-refractivity contribution in [2.24, 2.45) is 0 Å². The van der Waals surface area contributed by atoms with Gasteiger partial charge in [0.2, 0.25) is 5.91 Å². The Bertz CT molecular complexity index is 756. The molecule has 2 aromatic carbocycles. The summed E-state index contributed by atoms with van der Waals surface area (Å²) < 4.78 is 5.28. The lowest BCUT2D eigenvalue weighted by Gasteiger charge is -2.27. The number of carbonyl (C=O) groups is 2. The molecule has 1 aliphatic heterocycles. The Kier molecular flexibility index (Phi) is 5.68. The molecule has 130 valence electrons. The van der Waals surface area contributed by atoms with Gasteiger partial charge in [0.25, 0.3) is 5.91 Å². The van der Waals surface area contributed by atoms with E-state index in [-0.39, 0.29) is 18.2 Å². The molecular weight excluding hydrogens is 340 g/mol. The van der Waals surface area contributed by atoms with E-state index in [1.807, 2.05) is 12.1 Å². The lowest BCUT2D eigenvalue weighted by atomic mass is 10.1. The van der Waals surface area contributed by atoms with Crippen molar-refractivity contribution in [1.82, 2.24) is 4.90 Å². The number of carbonyl (C=O) groups excluding carboxylic acids is 2. The maximum absolute atomic E-state index is 12.7. The summed E-state index contributed by atoms with van der Waals surface area (Å²) in [4.78, 5) is 26.8. The van der Waals surface area contributed by atoms with E-state index >= 15 is 0 Å². The molecule has 25 heavy (non-hydrogen) atoms. The number of para-hydroxylation sites is 1. The van der Waals surface area contributed by atoms with Gasteiger partial charge in [0, 0.05) is 18.1 Å². The number of hydrogen-bond donors (Lipinski definition) is 1. The van der Waals surface area contributed by atoms with E-state index in [0.29, 0.717) is 42.6 Å². The van der Waals surface area contributed by atoms with Gasteiger partial charge >= 0.3 is 0 Å². The van der Waals surface area contributed by atoms with Gasteiger partial charge in [-0.1, -0.05) is 35.9 Å². The van der Waals surface area contributed by atoms with Crippen LogP contribution in [0.2, 0.25) is 5.02 Å². The molecule has 0 spiro atoms. The number of hydrogen-bond acceptors (Lipinski definition) is 3. The van der Waals surface area contributed by atoms with E-state index in [1.165, 1.54) is 0 Å². The molecule has 0 aromatic heterocycles. The fourth-order valence-corrected chi connectivity index (χ4v) is 2.82. The molecule has 0 bridgehead atoms. The highest BCUT2D eigenvalue weighted by molar-refractivity contribution is 6.30. The second-order valence-electron chi connectivity index (χ2n) is 5.80. The minimum absolute atomic E-state index is 0.0920. The molecule has 1 aliphatic rings. The minimum atomic E-state index is -0.176. The van der Waals surface area contributed by atoms with Crippen LogP contribution in [0.15, 0.2) is 48.5 Å². The molecule has 2 aromatic rings. The molecule has 1 saturated heterocycles. The summed E-state index contributed by atoms with van der Waals surface area (Å²) in [5, 5.41) is 3.47. The van der Waals surface area contributed by atoms with Crippen LogP contribution in [0.4, 0.5) is 5.69 Å². The predicted octanol–water partition coefficient (Wildman–Crippen LogP) is 2.99. The summed E-state index contributed by atoms with van der Waals surface area (Å²) in [6.45, 7) is 2.20. The Labute approximate surface area is 151 Å². The van der Waals surface area contributed by atoms with Crippen LogP contribution in [0, 0.1) is 0 Å². The lowest BCUT2D eigenvalue weighted by Crippen LogP contribution is -2.41. The highest BCUT2D eigenvalue weighted by Crippen LogP contribution is 2.19. The van der Waals surface area contributed by atoms with Crippen molar-refractivity contribution in [3.05, 3.63) is 64.7 Å². The van der Waals surface area contributed by atoms with E-state index in [1.54, 1.807) is 41.3 Å². The molecule has 1 fully saturated rings. The number of rotatable bonds is 4. The Balaban J connectivity index is 1.70. The number of benzene rings is 2. The molecule has 0 atom stereocenters. The van der Waals surface area contributed by atoms with E-state index < -0.39 is 0 Å². The maximum atomic E-state index is 12.7. The quantitative estimate of drug-likeness (QED) is 0.914. The molecule has 1 heterocycles. The molecule has 3 rings (SSSR count). The summed E-state index contributed by atoms with van der Waals surface area (Å²) in [5.74, 6) is -0.268. The van der Waals surface area contributed by atoms with E-state index in [2.05, 4.69) is 5.32 Å². The number of halogens is 1. The second-order valence-corrected chi connectivity index (χ2v) is 6.24. The number of nitrogens with one attached hydrogen (secondary N) is 1. The first kappa shape index (κ1) is 17.5. The average molecular weight is 359 g/mol. The zero-order valence-corrected chi connectivity index (χ0v) is 14.5. The smallest absolute Gasteiger partial charge is 0.256 e. The summed E-state index contributed by atoms with van der Waals surface area (Å²) in [6, 6.07) is 14.2. The average Bonchev–Trinajstić information content (AvgIpc) is 2.64. The fourth-order valence-electron chi connectivity index (χ4n) is 2.70. The summed E-state index contributed by atoms with van der Waals surface area (Å²) >= 11 is 5.86. The maximum Gasteiger partial charge on any atom is 0.256 e. The van der Waals surface area contributed by atoms with Crippen LogP contribution >= 0.6 is 11.6 Å². The molecule has 1 N–H and O–H groups in total. The largest absolute Gasteiger partial charge is 0.378 e. The molecule has 6 heteroatoms. The zero-order valence-electron chi connectivity index (χ0n) is 13.7. The van der Waals surface area contributed by atoms with Crippen molar-refractivity contribution in [2.75, 3.05) is 31.6 Å². The van der Waals surface area contributed by atoms with Crippen molar-refractivity contribution in [3.63, 3.8) is 0 Å². The monoisotopic (exact) mass is 358 g/mol. The molecule has 2 amide bonds. The Morgan fingerprint density at radius 3 is 2.44 bits per heavy atom. The van der Waals surface area contributed by atoms with Crippen molar-refractivity contribution in [3.8, 4) is 0 Å². The number of anilines is 1. The molecule has 5 nitrogen and oxygen atoms in total. The van der Waals surface area contributed by atoms with E-state index in [0.717, 1.165) is 5.56 Å². The summed E-state index contributed by atoms with van der Waals surface area (Å²) in [7, 11) is 0. The van der Waals surface area contributed by atoms with Gasteiger partial charge in [0.05, 0.1) is 30.9 Å². The SMILES string of the molecule is O=C(Cc1ccc(Cl)cc1)Nc1ccccc1C(=O)N1CCOCC1. The van der Waals surface area contributed by atoms with E-state index in [9.17, 15) is 9.59 Å². The summed E-state index contributed by atoms with van der Waals surface area (Å²) in [5.41, 5.74) is 1.88. The van der Waals surface area contributed by atoms with Gasteiger partial charge in [-0.15, -0.1) is 0 Å². The highest BCUT2D eigenvalue weighted by atomic mass is 35.5. The van der Waals surface area contributed by atoms with Crippen molar-refractivity contribution in [2.45, 2.75) is 6.42 Å². The molecule has 0 unspecified atom stereocenters. The van der Waals surface area contributed by atoms with Crippen LogP contribution in [-0.2, 0) is 16.0 Å². The highest BCUT2D eigenvalue weighted by Gasteiger charge is 2.21. The molecule has 0 radical (unpaired) electrons. The minimum Gasteiger partial charge on any atom is -0.378 e.